The van der Waals surface area contributed by atoms with Crippen molar-refractivity contribution >= 4 is 17.2 Å². The van der Waals surface area contributed by atoms with Gasteiger partial charge in [-0.1, -0.05) is 0 Å². The van der Waals surface area contributed by atoms with Gasteiger partial charge < -0.3 is 14.5 Å². The van der Waals surface area contributed by atoms with Crippen molar-refractivity contribution in [1.29, 1.82) is 0 Å². The summed E-state index contributed by atoms with van der Waals surface area (Å²) in [6.07, 6.45) is 8.47. The van der Waals surface area contributed by atoms with Crippen molar-refractivity contribution in [2.24, 2.45) is 0 Å². The second kappa shape index (κ2) is 7.13. The molecule has 0 spiro atoms. The van der Waals surface area contributed by atoms with Gasteiger partial charge in [0.25, 0.3) is 0 Å². The third-order valence-electron chi connectivity index (χ3n) is 3.65. The molecule has 0 radical (unpaired) electrons. The van der Waals surface area contributed by atoms with Gasteiger partial charge in [0.2, 0.25) is 5.91 Å². The number of nitrogens with one attached hydrogen (secondary N) is 1. The molecule has 4 nitrogen and oxygen atoms in total. The zero-order valence-electron chi connectivity index (χ0n) is 12.3. The third kappa shape index (κ3) is 3.68. The van der Waals surface area contributed by atoms with E-state index in [2.05, 4.69) is 31.3 Å². The molecule has 0 saturated heterocycles. The Morgan fingerprint density at radius 2 is 1.86 bits per heavy atom. The lowest BCUT2D eigenvalue weighted by atomic mass is 10.1. The first-order valence-corrected chi connectivity index (χ1v) is 8.29. The summed E-state index contributed by atoms with van der Waals surface area (Å²) in [7, 11) is 0. The van der Waals surface area contributed by atoms with Crippen LogP contribution in [0.2, 0.25) is 0 Å². The number of nitrogens with zero attached hydrogens (tertiary/aromatic N) is 2. The summed E-state index contributed by atoms with van der Waals surface area (Å²) in [6, 6.07) is 10.1. The van der Waals surface area contributed by atoms with Crippen molar-refractivity contribution in [3.8, 4) is 0 Å². The van der Waals surface area contributed by atoms with Gasteiger partial charge >= 0.3 is 0 Å². The van der Waals surface area contributed by atoms with E-state index in [1.807, 2.05) is 49.1 Å². The molecule has 114 valence electrons. The van der Waals surface area contributed by atoms with Crippen LogP contribution in [0.4, 0.5) is 0 Å². The first kappa shape index (κ1) is 14.7. The fraction of sp³-hybridized carbons (Fsp3) is 0.235. The molecule has 0 bridgehead atoms. The summed E-state index contributed by atoms with van der Waals surface area (Å²) >= 11 is 1.66. The van der Waals surface area contributed by atoms with E-state index in [4.69, 9.17) is 0 Å². The Labute approximate surface area is 134 Å². The molecule has 0 aliphatic rings. The molecule has 22 heavy (non-hydrogen) atoms. The predicted molar refractivity (Wildman–Crippen MR) is 88.9 cm³/mol. The van der Waals surface area contributed by atoms with Crippen LogP contribution in [0, 0.1) is 0 Å². The van der Waals surface area contributed by atoms with Crippen LogP contribution in [0.1, 0.15) is 18.0 Å². The Balaban J connectivity index is 1.57. The van der Waals surface area contributed by atoms with Crippen LogP contribution >= 0.6 is 11.3 Å². The first-order chi connectivity index (χ1) is 10.8. The monoisotopic (exact) mass is 313 g/mol. The third-order valence-corrected chi connectivity index (χ3v) is 4.35. The lowest BCUT2D eigenvalue weighted by molar-refractivity contribution is -0.121. The van der Waals surface area contributed by atoms with Crippen LogP contribution in [0.25, 0.3) is 0 Å². The highest BCUT2D eigenvalue weighted by molar-refractivity contribution is 7.07. The van der Waals surface area contributed by atoms with Crippen LogP contribution < -0.4 is 5.32 Å². The molecule has 3 heterocycles. The van der Waals surface area contributed by atoms with Crippen LogP contribution in [0.15, 0.2) is 65.9 Å². The summed E-state index contributed by atoms with van der Waals surface area (Å²) in [6.45, 7) is 1.45. The SMILES string of the molecule is O=C(C[C@H](c1ccsc1)n1cccc1)NCCn1cccc1. The number of amides is 1. The number of thiophene rings is 1. The molecule has 5 heteroatoms. The summed E-state index contributed by atoms with van der Waals surface area (Å²) < 4.78 is 4.15. The highest BCUT2D eigenvalue weighted by atomic mass is 32.1. The maximum Gasteiger partial charge on any atom is 0.222 e. The largest absolute Gasteiger partial charge is 0.354 e. The van der Waals surface area contributed by atoms with E-state index in [1.165, 1.54) is 5.56 Å². The molecule has 0 saturated carbocycles. The molecular weight excluding hydrogens is 294 g/mol. The lowest BCUT2D eigenvalue weighted by Gasteiger charge is -2.18. The fourth-order valence-electron chi connectivity index (χ4n) is 2.51. The molecule has 3 aromatic heterocycles. The summed E-state index contributed by atoms with van der Waals surface area (Å²) in [5, 5.41) is 7.17. The molecule has 0 aliphatic carbocycles. The highest BCUT2D eigenvalue weighted by Crippen LogP contribution is 2.24. The topological polar surface area (TPSA) is 39.0 Å². The maximum absolute atomic E-state index is 12.2. The quantitative estimate of drug-likeness (QED) is 0.715. The van der Waals surface area contributed by atoms with Crippen molar-refractivity contribution < 1.29 is 4.79 Å². The second-order valence-corrected chi connectivity index (χ2v) is 5.96. The molecule has 0 aliphatic heterocycles. The average Bonchev–Trinajstić information content (AvgIpc) is 3.26. The van der Waals surface area contributed by atoms with Crippen molar-refractivity contribution in [3.05, 3.63) is 71.4 Å². The zero-order chi connectivity index (χ0) is 15.2. The molecule has 3 rings (SSSR count). The molecule has 1 atom stereocenters. The van der Waals surface area contributed by atoms with E-state index in [1.54, 1.807) is 11.3 Å². The molecule has 0 fully saturated rings. The van der Waals surface area contributed by atoms with Gasteiger partial charge in [0.15, 0.2) is 0 Å². The molecule has 1 amide bonds. The second-order valence-electron chi connectivity index (χ2n) is 5.18. The van der Waals surface area contributed by atoms with Gasteiger partial charge in [-0.2, -0.15) is 11.3 Å². The Morgan fingerprint density at radius 3 is 2.55 bits per heavy atom. The van der Waals surface area contributed by atoms with E-state index >= 15 is 0 Å². The van der Waals surface area contributed by atoms with Crippen LogP contribution in [-0.4, -0.2) is 21.6 Å². The normalized spacial score (nSPS) is 12.2. The van der Waals surface area contributed by atoms with E-state index in [-0.39, 0.29) is 11.9 Å². The smallest absolute Gasteiger partial charge is 0.222 e. The predicted octanol–water partition coefficient (Wildman–Crippen LogP) is 3.15. The minimum absolute atomic E-state index is 0.0628. The first-order valence-electron chi connectivity index (χ1n) is 7.35. The van der Waals surface area contributed by atoms with Gasteiger partial charge in [0.05, 0.1) is 12.5 Å². The molecule has 1 N–H and O–H groups in total. The Hall–Kier alpha value is -2.27. The van der Waals surface area contributed by atoms with Gasteiger partial charge in [-0.15, -0.1) is 0 Å². The lowest BCUT2D eigenvalue weighted by Crippen LogP contribution is -2.29. The maximum atomic E-state index is 12.2. The van der Waals surface area contributed by atoms with Crippen LogP contribution in [0.3, 0.4) is 0 Å². The van der Waals surface area contributed by atoms with Gasteiger partial charge in [-0.05, 0) is 46.7 Å². The highest BCUT2D eigenvalue weighted by Gasteiger charge is 2.17. The summed E-state index contributed by atoms with van der Waals surface area (Å²) in [4.78, 5) is 12.2. The number of aromatic nitrogens is 2. The van der Waals surface area contributed by atoms with Gasteiger partial charge in [-0.3, -0.25) is 4.79 Å². The van der Waals surface area contributed by atoms with E-state index in [0.717, 1.165) is 6.54 Å². The number of carbonyl (C=O) groups is 1. The van der Waals surface area contributed by atoms with Crippen molar-refractivity contribution in [3.63, 3.8) is 0 Å². The van der Waals surface area contributed by atoms with Crippen LogP contribution in [-0.2, 0) is 11.3 Å². The standard InChI is InChI=1S/C17H19N3OS/c21-17(18-6-11-19-7-1-2-8-19)13-16(15-5-12-22-14-15)20-9-3-4-10-20/h1-5,7-10,12,14,16H,6,11,13H2,(H,18,21)/t16-/m1/s1. The minimum Gasteiger partial charge on any atom is -0.354 e. The van der Waals surface area contributed by atoms with E-state index < -0.39 is 0 Å². The molecular formula is C17H19N3OS. The van der Waals surface area contributed by atoms with Gasteiger partial charge in [0, 0.05) is 37.9 Å². The van der Waals surface area contributed by atoms with Gasteiger partial charge in [-0.25, -0.2) is 0 Å². The average molecular weight is 313 g/mol. The minimum atomic E-state index is 0.0628. The number of hydrogen-bond acceptors (Lipinski definition) is 2. The molecule has 0 unspecified atom stereocenters. The van der Waals surface area contributed by atoms with E-state index in [0.29, 0.717) is 13.0 Å². The van der Waals surface area contributed by atoms with Gasteiger partial charge in [0.1, 0.15) is 0 Å². The van der Waals surface area contributed by atoms with Crippen LogP contribution in [0.5, 0.6) is 0 Å². The zero-order valence-corrected chi connectivity index (χ0v) is 13.1. The number of rotatable bonds is 7. The molecule has 0 aromatic carbocycles. The van der Waals surface area contributed by atoms with Crippen molar-refractivity contribution in [2.45, 2.75) is 19.0 Å². The number of hydrogen-bond donors (Lipinski definition) is 1. The Morgan fingerprint density at radius 1 is 1.14 bits per heavy atom. The van der Waals surface area contributed by atoms with Crippen molar-refractivity contribution in [1.82, 2.24) is 14.5 Å². The molecule has 3 aromatic rings. The summed E-state index contributed by atoms with van der Waals surface area (Å²) in [5.41, 5.74) is 1.18. The number of carbonyl (C=O) groups excluding carboxylic acids is 1. The van der Waals surface area contributed by atoms with E-state index in [9.17, 15) is 4.79 Å². The fourth-order valence-corrected chi connectivity index (χ4v) is 3.21. The summed E-state index contributed by atoms with van der Waals surface area (Å²) in [5.74, 6) is 0.0806. The van der Waals surface area contributed by atoms with Crippen molar-refractivity contribution in [2.75, 3.05) is 6.54 Å². The Bertz CT molecular complexity index is 637. The Kier molecular flexibility index (Phi) is 4.75.